The molecular weight excluding hydrogens is 433 g/mol. The highest BCUT2D eigenvalue weighted by Gasteiger charge is 2.31. The van der Waals surface area contributed by atoms with Crippen molar-refractivity contribution in [2.75, 3.05) is 31.6 Å². The molecule has 0 aliphatic rings. The Balaban J connectivity index is 1.35. The van der Waals surface area contributed by atoms with Crippen LogP contribution in [-0.4, -0.2) is 32.7 Å². The van der Waals surface area contributed by atoms with Crippen molar-refractivity contribution in [2.45, 2.75) is 32.2 Å². The van der Waals surface area contributed by atoms with Crippen LogP contribution in [0.2, 0.25) is 0 Å². The van der Waals surface area contributed by atoms with Crippen LogP contribution in [0.3, 0.4) is 0 Å². The minimum absolute atomic E-state index is 0.210. The zero-order valence-electron chi connectivity index (χ0n) is 18.4. The number of alkyl halides is 3. The Kier molecular flexibility index (Phi) is 9.65. The van der Waals surface area contributed by atoms with Gasteiger partial charge in [0.2, 0.25) is 0 Å². The number of furan rings is 1. The van der Waals surface area contributed by atoms with E-state index in [4.69, 9.17) is 9.15 Å². The molecule has 0 radical (unpaired) electrons. The highest BCUT2D eigenvalue weighted by molar-refractivity contribution is 5.42. The van der Waals surface area contributed by atoms with Crippen molar-refractivity contribution < 1.29 is 27.1 Å². The van der Waals surface area contributed by atoms with Crippen LogP contribution in [0.5, 0.6) is 5.75 Å². The van der Waals surface area contributed by atoms with Gasteiger partial charge in [-0.1, -0.05) is 24.3 Å². The van der Waals surface area contributed by atoms with Crippen molar-refractivity contribution in [1.82, 2.24) is 5.32 Å². The molecule has 0 unspecified atom stereocenters. The highest BCUT2D eigenvalue weighted by atomic mass is 19.4. The van der Waals surface area contributed by atoms with Gasteiger partial charge in [0.1, 0.15) is 5.75 Å². The van der Waals surface area contributed by atoms with Gasteiger partial charge in [0.05, 0.1) is 19.1 Å². The number of rotatable bonds is 14. The van der Waals surface area contributed by atoms with Crippen molar-refractivity contribution in [3.05, 3.63) is 83.8 Å². The molecule has 0 saturated carbocycles. The molecule has 0 aliphatic heterocycles. The van der Waals surface area contributed by atoms with Gasteiger partial charge in [-0.15, -0.1) is 13.2 Å². The average molecular weight is 463 g/mol. The van der Waals surface area contributed by atoms with Crippen molar-refractivity contribution in [3.8, 4) is 5.75 Å². The second-order valence-corrected chi connectivity index (χ2v) is 7.63. The number of hydrogen-bond donors (Lipinski definition) is 2. The average Bonchev–Trinajstić information content (AvgIpc) is 3.27. The molecule has 2 aromatic carbocycles. The minimum atomic E-state index is -4.73. The molecule has 8 heteroatoms. The molecule has 3 rings (SSSR count). The van der Waals surface area contributed by atoms with E-state index in [1.165, 1.54) is 18.4 Å². The first kappa shape index (κ1) is 24.7. The molecule has 0 aliphatic carbocycles. The summed E-state index contributed by atoms with van der Waals surface area (Å²) in [5, 5.41) is 6.57. The fourth-order valence-electron chi connectivity index (χ4n) is 3.37. The summed E-state index contributed by atoms with van der Waals surface area (Å²) < 4.78 is 52.9. The van der Waals surface area contributed by atoms with Crippen LogP contribution < -0.4 is 15.4 Å². The molecule has 1 heterocycles. The number of ether oxygens (including phenoxy) is 2. The number of unbranched alkanes of at least 4 members (excludes halogenated alkanes) is 1. The first-order chi connectivity index (χ1) is 16.0. The monoisotopic (exact) mass is 462 g/mol. The fraction of sp³-hybridized carbons (Fsp3) is 0.360. The Morgan fingerprint density at radius 3 is 2.42 bits per heavy atom. The van der Waals surface area contributed by atoms with Gasteiger partial charge in [-0.05, 0) is 66.4 Å². The van der Waals surface area contributed by atoms with Crippen molar-refractivity contribution >= 4 is 5.69 Å². The molecule has 0 spiro atoms. The molecular formula is C25H29F3N2O3. The lowest BCUT2D eigenvalue weighted by atomic mass is 10.0. The summed E-state index contributed by atoms with van der Waals surface area (Å²) in [6.07, 6.45) is 0.672. The number of nitrogens with one attached hydrogen (secondary N) is 2. The molecule has 1 aromatic heterocycles. The normalized spacial score (nSPS) is 11.5. The predicted molar refractivity (Wildman–Crippen MR) is 121 cm³/mol. The topological polar surface area (TPSA) is 55.7 Å². The van der Waals surface area contributed by atoms with E-state index in [-0.39, 0.29) is 5.75 Å². The van der Waals surface area contributed by atoms with Gasteiger partial charge in [-0.2, -0.15) is 0 Å². The molecule has 2 N–H and O–H groups in total. The molecule has 178 valence electrons. The van der Waals surface area contributed by atoms with Gasteiger partial charge >= 0.3 is 6.36 Å². The van der Waals surface area contributed by atoms with E-state index >= 15 is 0 Å². The second-order valence-electron chi connectivity index (χ2n) is 7.63. The Morgan fingerprint density at radius 1 is 0.848 bits per heavy atom. The van der Waals surface area contributed by atoms with Crippen LogP contribution >= 0.6 is 0 Å². The predicted octanol–water partition coefficient (Wildman–Crippen LogP) is 5.77. The van der Waals surface area contributed by atoms with Gasteiger partial charge in [-0.3, -0.25) is 0 Å². The maximum Gasteiger partial charge on any atom is 0.573 e. The third-order valence-electron chi connectivity index (χ3n) is 4.82. The first-order valence-corrected chi connectivity index (χ1v) is 10.9. The Labute approximate surface area is 191 Å². The van der Waals surface area contributed by atoms with E-state index in [0.717, 1.165) is 48.3 Å². The highest BCUT2D eigenvalue weighted by Crippen LogP contribution is 2.26. The summed E-state index contributed by atoms with van der Waals surface area (Å²) in [6.45, 7) is 3.25. The van der Waals surface area contributed by atoms with E-state index in [9.17, 15) is 13.2 Å². The minimum Gasteiger partial charge on any atom is -0.472 e. The number of benzene rings is 2. The molecule has 0 atom stereocenters. The third kappa shape index (κ3) is 10.0. The smallest absolute Gasteiger partial charge is 0.472 e. The standard InChI is InChI=1S/C25H29F3N2O3/c26-25(27,28)33-24-16-21(14-20-8-12-32-19-20)15-22(17-24)18-29-9-4-5-11-31-13-10-30-23-6-2-1-3-7-23/h1-3,6-8,12,15-17,19,29-30H,4-5,9-11,13-14,18H2. The van der Waals surface area contributed by atoms with Crippen LogP contribution in [0.1, 0.15) is 29.5 Å². The molecule has 0 bridgehead atoms. The van der Waals surface area contributed by atoms with Gasteiger partial charge in [0.25, 0.3) is 0 Å². The van der Waals surface area contributed by atoms with E-state index < -0.39 is 6.36 Å². The van der Waals surface area contributed by atoms with Crippen molar-refractivity contribution in [3.63, 3.8) is 0 Å². The lowest BCUT2D eigenvalue weighted by Gasteiger charge is -2.13. The van der Waals surface area contributed by atoms with E-state index in [1.54, 1.807) is 12.3 Å². The van der Waals surface area contributed by atoms with Crippen molar-refractivity contribution in [1.29, 1.82) is 0 Å². The van der Waals surface area contributed by atoms with Gasteiger partial charge in [-0.25, -0.2) is 0 Å². The lowest BCUT2D eigenvalue weighted by Crippen LogP contribution is -2.18. The summed E-state index contributed by atoms with van der Waals surface area (Å²) in [6, 6.07) is 16.5. The van der Waals surface area contributed by atoms with E-state index in [2.05, 4.69) is 15.4 Å². The quantitative estimate of drug-likeness (QED) is 0.298. The molecule has 5 nitrogen and oxygen atoms in total. The van der Waals surface area contributed by atoms with Gasteiger partial charge in [0.15, 0.2) is 0 Å². The van der Waals surface area contributed by atoms with Crippen LogP contribution in [0, 0.1) is 0 Å². The maximum absolute atomic E-state index is 12.7. The van der Waals surface area contributed by atoms with Crippen LogP contribution in [0.25, 0.3) is 0 Å². The summed E-state index contributed by atoms with van der Waals surface area (Å²) in [7, 11) is 0. The van der Waals surface area contributed by atoms with Crippen molar-refractivity contribution in [2.24, 2.45) is 0 Å². The largest absolute Gasteiger partial charge is 0.573 e. The first-order valence-electron chi connectivity index (χ1n) is 10.9. The summed E-state index contributed by atoms with van der Waals surface area (Å²) in [5.41, 5.74) is 3.42. The zero-order valence-corrected chi connectivity index (χ0v) is 18.4. The van der Waals surface area contributed by atoms with Crippen LogP contribution in [0.15, 0.2) is 71.5 Å². The summed E-state index contributed by atoms with van der Waals surface area (Å²) >= 11 is 0. The van der Waals surface area contributed by atoms with Crippen LogP contribution in [0.4, 0.5) is 18.9 Å². The number of anilines is 1. The van der Waals surface area contributed by atoms with Gasteiger partial charge in [0, 0.05) is 31.8 Å². The summed E-state index contributed by atoms with van der Waals surface area (Å²) in [5.74, 6) is -0.210. The maximum atomic E-state index is 12.7. The van der Waals surface area contributed by atoms with E-state index in [1.807, 2.05) is 36.4 Å². The van der Waals surface area contributed by atoms with E-state index in [0.29, 0.717) is 26.2 Å². The lowest BCUT2D eigenvalue weighted by molar-refractivity contribution is -0.274. The van der Waals surface area contributed by atoms with Crippen LogP contribution in [-0.2, 0) is 17.7 Å². The number of halogens is 3. The Morgan fingerprint density at radius 2 is 1.67 bits per heavy atom. The SMILES string of the molecule is FC(F)(F)Oc1cc(CNCCCCOCCNc2ccccc2)cc(Cc2ccoc2)c1. The summed E-state index contributed by atoms with van der Waals surface area (Å²) in [4.78, 5) is 0. The second kappa shape index (κ2) is 12.9. The zero-order chi connectivity index (χ0) is 23.4. The Hall–Kier alpha value is -2.97. The molecule has 0 fully saturated rings. The molecule has 0 amide bonds. The molecule has 0 saturated heterocycles. The third-order valence-corrected chi connectivity index (χ3v) is 4.82. The van der Waals surface area contributed by atoms with Gasteiger partial charge < -0.3 is 24.5 Å². The Bertz CT molecular complexity index is 932. The fourth-order valence-corrected chi connectivity index (χ4v) is 3.37. The molecule has 3 aromatic rings. The number of hydrogen-bond acceptors (Lipinski definition) is 5. The molecule has 33 heavy (non-hydrogen) atoms. The number of para-hydroxylation sites is 1.